The number of hydrogen-bond acceptors (Lipinski definition) is 2. The molecule has 0 bridgehead atoms. The van der Waals surface area contributed by atoms with Gasteiger partial charge in [-0.2, -0.15) is 0 Å². The predicted molar refractivity (Wildman–Crippen MR) is 84.4 cm³/mol. The number of hydrogen-bond donors (Lipinski definition) is 1. The molecule has 1 aliphatic carbocycles. The largest absolute Gasteiger partial charge is 0.489 e. The summed E-state index contributed by atoms with van der Waals surface area (Å²) < 4.78 is 5.80. The van der Waals surface area contributed by atoms with Crippen LogP contribution in [0.3, 0.4) is 0 Å². The van der Waals surface area contributed by atoms with E-state index in [4.69, 9.17) is 4.74 Å². The van der Waals surface area contributed by atoms with Gasteiger partial charge in [0, 0.05) is 0 Å². The SMILES string of the molecule is CC1(C)C(O)CC1c1ccc(OCc2ccccc2)cc1. The highest BCUT2D eigenvalue weighted by atomic mass is 16.5. The Balaban J connectivity index is 1.62. The molecule has 2 unspecified atom stereocenters. The summed E-state index contributed by atoms with van der Waals surface area (Å²) in [5.74, 6) is 1.33. The van der Waals surface area contributed by atoms with Gasteiger partial charge in [-0.25, -0.2) is 0 Å². The van der Waals surface area contributed by atoms with E-state index in [0.29, 0.717) is 12.5 Å². The monoisotopic (exact) mass is 282 g/mol. The normalized spacial score (nSPS) is 23.4. The molecule has 2 atom stereocenters. The molecular weight excluding hydrogens is 260 g/mol. The summed E-state index contributed by atoms with van der Waals surface area (Å²) in [5, 5.41) is 9.85. The zero-order chi connectivity index (χ0) is 14.9. The molecule has 0 radical (unpaired) electrons. The standard InChI is InChI=1S/C19H22O2/c1-19(2)17(12-18(19)20)15-8-10-16(11-9-15)21-13-14-6-4-3-5-7-14/h3-11,17-18,20H,12-13H2,1-2H3. The van der Waals surface area contributed by atoms with Crippen LogP contribution < -0.4 is 4.74 Å². The third-order valence-corrected chi connectivity index (χ3v) is 4.75. The van der Waals surface area contributed by atoms with Crippen molar-refractivity contribution in [1.82, 2.24) is 0 Å². The number of rotatable bonds is 4. The predicted octanol–water partition coefficient (Wildman–Crippen LogP) is 4.14. The minimum Gasteiger partial charge on any atom is -0.489 e. The van der Waals surface area contributed by atoms with Crippen molar-refractivity contribution >= 4 is 0 Å². The molecule has 0 aromatic heterocycles. The minimum absolute atomic E-state index is 0.0214. The van der Waals surface area contributed by atoms with E-state index >= 15 is 0 Å². The summed E-state index contributed by atoms with van der Waals surface area (Å²) in [4.78, 5) is 0. The Morgan fingerprint density at radius 3 is 2.29 bits per heavy atom. The van der Waals surface area contributed by atoms with E-state index in [9.17, 15) is 5.11 Å². The Hall–Kier alpha value is -1.80. The van der Waals surface area contributed by atoms with Gasteiger partial charge in [0.25, 0.3) is 0 Å². The van der Waals surface area contributed by atoms with Crippen LogP contribution in [0.1, 0.15) is 37.3 Å². The van der Waals surface area contributed by atoms with E-state index in [-0.39, 0.29) is 11.5 Å². The van der Waals surface area contributed by atoms with Gasteiger partial charge in [0.05, 0.1) is 6.10 Å². The second-order valence-electron chi connectivity index (χ2n) is 6.47. The van der Waals surface area contributed by atoms with Crippen molar-refractivity contribution in [3.05, 3.63) is 65.7 Å². The Morgan fingerprint density at radius 2 is 1.71 bits per heavy atom. The Labute approximate surface area is 126 Å². The molecule has 110 valence electrons. The van der Waals surface area contributed by atoms with Crippen molar-refractivity contribution in [1.29, 1.82) is 0 Å². The molecule has 3 rings (SSSR count). The summed E-state index contributed by atoms with van der Waals surface area (Å²) in [6.07, 6.45) is 0.675. The first kappa shape index (κ1) is 14.2. The number of benzene rings is 2. The molecule has 1 saturated carbocycles. The summed E-state index contributed by atoms with van der Waals surface area (Å²) in [5.41, 5.74) is 2.44. The molecule has 2 aromatic rings. The van der Waals surface area contributed by atoms with Crippen LogP contribution in [0.15, 0.2) is 54.6 Å². The van der Waals surface area contributed by atoms with Gasteiger partial charge in [0.1, 0.15) is 12.4 Å². The number of aliphatic hydroxyl groups excluding tert-OH is 1. The molecule has 0 aliphatic heterocycles. The Morgan fingerprint density at radius 1 is 1.05 bits per heavy atom. The molecule has 0 amide bonds. The molecule has 1 N–H and O–H groups in total. The van der Waals surface area contributed by atoms with E-state index in [1.807, 2.05) is 30.3 Å². The van der Waals surface area contributed by atoms with Gasteiger partial charge < -0.3 is 9.84 Å². The third kappa shape index (κ3) is 2.81. The van der Waals surface area contributed by atoms with Crippen LogP contribution in [0.5, 0.6) is 5.75 Å². The highest BCUT2D eigenvalue weighted by molar-refractivity contribution is 5.33. The second-order valence-corrected chi connectivity index (χ2v) is 6.47. The van der Waals surface area contributed by atoms with Crippen LogP contribution in [-0.4, -0.2) is 11.2 Å². The second kappa shape index (κ2) is 5.53. The third-order valence-electron chi connectivity index (χ3n) is 4.75. The van der Waals surface area contributed by atoms with Crippen molar-refractivity contribution in [3.63, 3.8) is 0 Å². The maximum Gasteiger partial charge on any atom is 0.119 e. The average molecular weight is 282 g/mol. The van der Waals surface area contributed by atoms with Gasteiger partial charge in [-0.05, 0) is 41.0 Å². The van der Waals surface area contributed by atoms with Gasteiger partial charge in [-0.1, -0.05) is 56.3 Å². The first-order valence-electron chi connectivity index (χ1n) is 7.52. The van der Waals surface area contributed by atoms with Crippen molar-refractivity contribution in [2.45, 2.75) is 38.9 Å². The van der Waals surface area contributed by atoms with Crippen LogP contribution in [0.2, 0.25) is 0 Å². The molecular formula is C19H22O2. The maximum atomic E-state index is 9.85. The molecule has 0 saturated heterocycles. The molecule has 1 aliphatic rings. The van der Waals surface area contributed by atoms with Crippen LogP contribution >= 0.6 is 0 Å². The number of aliphatic hydroxyl groups is 1. The highest BCUT2D eigenvalue weighted by Gasteiger charge is 2.47. The lowest BCUT2D eigenvalue weighted by Gasteiger charge is -2.49. The fourth-order valence-corrected chi connectivity index (χ4v) is 3.01. The molecule has 21 heavy (non-hydrogen) atoms. The van der Waals surface area contributed by atoms with Crippen LogP contribution in [0, 0.1) is 5.41 Å². The maximum absolute atomic E-state index is 9.85. The zero-order valence-corrected chi connectivity index (χ0v) is 12.6. The summed E-state index contributed by atoms with van der Waals surface area (Å²) in [6.45, 7) is 4.85. The molecule has 2 heteroatoms. The highest BCUT2D eigenvalue weighted by Crippen LogP contribution is 2.52. The first-order valence-corrected chi connectivity index (χ1v) is 7.52. The molecule has 0 heterocycles. The summed E-state index contributed by atoms with van der Waals surface area (Å²) in [7, 11) is 0. The molecule has 0 spiro atoms. The van der Waals surface area contributed by atoms with E-state index in [2.05, 4.69) is 38.1 Å². The van der Waals surface area contributed by atoms with Gasteiger partial charge in [-0.3, -0.25) is 0 Å². The summed E-state index contributed by atoms with van der Waals surface area (Å²) >= 11 is 0. The van der Waals surface area contributed by atoms with Crippen molar-refractivity contribution in [2.75, 3.05) is 0 Å². The number of ether oxygens (including phenoxy) is 1. The average Bonchev–Trinajstić information content (AvgIpc) is 2.52. The quantitative estimate of drug-likeness (QED) is 0.913. The van der Waals surface area contributed by atoms with Gasteiger partial charge in [-0.15, -0.1) is 0 Å². The van der Waals surface area contributed by atoms with Crippen molar-refractivity contribution in [3.8, 4) is 5.75 Å². The van der Waals surface area contributed by atoms with Crippen LogP contribution in [0.4, 0.5) is 0 Å². The van der Waals surface area contributed by atoms with E-state index < -0.39 is 0 Å². The van der Waals surface area contributed by atoms with Crippen molar-refractivity contribution in [2.24, 2.45) is 5.41 Å². The molecule has 2 aromatic carbocycles. The topological polar surface area (TPSA) is 29.5 Å². The Kier molecular flexibility index (Phi) is 3.73. The smallest absolute Gasteiger partial charge is 0.119 e. The van der Waals surface area contributed by atoms with Gasteiger partial charge in [0.2, 0.25) is 0 Å². The van der Waals surface area contributed by atoms with Crippen LogP contribution in [-0.2, 0) is 6.61 Å². The lowest BCUT2D eigenvalue weighted by molar-refractivity contribution is -0.0625. The lowest BCUT2D eigenvalue weighted by atomic mass is 9.58. The molecule has 1 fully saturated rings. The zero-order valence-electron chi connectivity index (χ0n) is 12.6. The Bertz CT molecular complexity index is 587. The van der Waals surface area contributed by atoms with Gasteiger partial charge in [0.15, 0.2) is 0 Å². The fraction of sp³-hybridized carbons (Fsp3) is 0.368. The first-order chi connectivity index (χ1) is 10.1. The van der Waals surface area contributed by atoms with E-state index in [1.165, 1.54) is 11.1 Å². The van der Waals surface area contributed by atoms with Crippen LogP contribution in [0.25, 0.3) is 0 Å². The van der Waals surface area contributed by atoms with E-state index in [0.717, 1.165) is 12.2 Å². The van der Waals surface area contributed by atoms with Crippen molar-refractivity contribution < 1.29 is 9.84 Å². The molecule has 2 nitrogen and oxygen atoms in total. The van der Waals surface area contributed by atoms with E-state index in [1.54, 1.807) is 0 Å². The minimum atomic E-state index is -0.184. The lowest BCUT2D eigenvalue weighted by Crippen LogP contribution is -2.47. The van der Waals surface area contributed by atoms with Gasteiger partial charge >= 0.3 is 0 Å². The fourth-order valence-electron chi connectivity index (χ4n) is 3.01. The summed E-state index contributed by atoms with van der Waals surface area (Å²) in [6, 6.07) is 18.5.